The van der Waals surface area contributed by atoms with Gasteiger partial charge in [0.2, 0.25) is 0 Å². The number of fused-ring (bicyclic) bond motifs is 1. The molecule has 0 saturated heterocycles. The Morgan fingerprint density at radius 2 is 1.89 bits per heavy atom. The number of nitro benzene ring substituents is 1. The van der Waals surface area contributed by atoms with Crippen molar-refractivity contribution in [3.8, 4) is 17.2 Å². The minimum absolute atomic E-state index is 0.0594. The van der Waals surface area contributed by atoms with Crippen molar-refractivity contribution in [2.24, 2.45) is 0 Å². The molecule has 1 aliphatic rings. The zero-order valence-electron chi connectivity index (χ0n) is 14.7. The molecule has 136 valence electrons. The summed E-state index contributed by atoms with van der Waals surface area (Å²) in [5.74, 6) is -0.412. The second-order valence-corrected chi connectivity index (χ2v) is 6.35. The summed E-state index contributed by atoms with van der Waals surface area (Å²) in [6.07, 6.45) is 3.97. The van der Waals surface area contributed by atoms with Crippen LogP contribution >= 0.6 is 0 Å². The van der Waals surface area contributed by atoms with Crippen molar-refractivity contribution in [3.63, 3.8) is 0 Å². The molecule has 1 amide bonds. The fourth-order valence-electron chi connectivity index (χ4n) is 3.46. The van der Waals surface area contributed by atoms with Gasteiger partial charge >= 0.3 is 0 Å². The van der Waals surface area contributed by atoms with Gasteiger partial charge in [-0.15, -0.1) is 0 Å². The number of nitrogens with zero attached hydrogens (tertiary/aromatic N) is 4. The second-order valence-electron chi connectivity index (χ2n) is 6.35. The third-order valence-corrected chi connectivity index (χ3v) is 4.81. The van der Waals surface area contributed by atoms with Crippen molar-refractivity contribution in [3.05, 3.63) is 87.7 Å². The van der Waals surface area contributed by atoms with Crippen LogP contribution in [0.3, 0.4) is 0 Å². The van der Waals surface area contributed by atoms with Gasteiger partial charge in [0.25, 0.3) is 11.6 Å². The maximum absolute atomic E-state index is 13.0. The number of aromatic nitrogens is 1. The number of nitriles is 1. The van der Waals surface area contributed by atoms with Gasteiger partial charge in [0.05, 0.1) is 28.4 Å². The number of nitro groups is 1. The Morgan fingerprint density at radius 1 is 1.14 bits per heavy atom. The van der Waals surface area contributed by atoms with Crippen molar-refractivity contribution in [2.75, 3.05) is 11.4 Å². The van der Waals surface area contributed by atoms with E-state index < -0.39 is 10.8 Å². The van der Waals surface area contributed by atoms with E-state index in [-0.39, 0.29) is 11.3 Å². The predicted molar refractivity (Wildman–Crippen MR) is 103 cm³/mol. The van der Waals surface area contributed by atoms with Gasteiger partial charge in [0.1, 0.15) is 5.56 Å². The highest BCUT2D eigenvalue weighted by Gasteiger charge is 2.31. The highest BCUT2D eigenvalue weighted by molar-refractivity contribution is 6.10. The molecule has 0 atom stereocenters. The molecule has 7 heteroatoms. The highest BCUT2D eigenvalue weighted by Crippen LogP contribution is 2.36. The van der Waals surface area contributed by atoms with Gasteiger partial charge in [-0.1, -0.05) is 24.3 Å². The normalized spacial score (nSPS) is 12.3. The number of amides is 1. The molecule has 0 unspecified atom stereocenters. The Bertz CT molecular complexity index is 1130. The molecule has 4 rings (SSSR count). The number of pyridine rings is 1. The molecular weight excluding hydrogens is 356 g/mol. The van der Waals surface area contributed by atoms with E-state index in [1.807, 2.05) is 12.1 Å². The largest absolute Gasteiger partial charge is 0.306 e. The molecule has 0 N–H and O–H groups in total. The summed E-state index contributed by atoms with van der Waals surface area (Å²) < 4.78 is 0. The maximum Gasteiger partial charge on any atom is 0.282 e. The topological polar surface area (TPSA) is 100 Å². The van der Waals surface area contributed by atoms with E-state index in [0.717, 1.165) is 16.7 Å². The van der Waals surface area contributed by atoms with E-state index in [4.69, 9.17) is 5.26 Å². The Hall–Kier alpha value is -4.05. The van der Waals surface area contributed by atoms with Gasteiger partial charge in [0.15, 0.2) is 0 Å². The third-order valence-electron chi connectivity index (χ3n) is 4.81. The Balaban J connectivity index is 1.74. The predicted octanol–water partition coefficient (Wildman–Crippen LogP) is 3.73. The third kappa shape index (κ3) is 2.87. The lowest BCUT2D eigenvalue weighted by molar-refractivity contribution is -0.385. The minimum Gasteiger partial charge on any atom is -0.306 e. The molecule has 0 spiro atoms. The molecule has 1 aromatic heterocycles. The van der Waals surface area contributed by atoms with Gasteiger partial charge in [-0.2, -0.15) is 5.26 Å². The van der Waals surface area contributed by atoms with Gasteiger partial charge in [0, 0.05) is 24.4 Å². The quantitative estimate of drug-likeness (QED) is 0.516. The number of rotatable bonds is 3. The lowest BCUT2D eigenvalue weighted by atomic mass is 9.99. The zero-order chi connectivity index (χ0) is 19.7. The molecule has 3 aromatic rings. The minimum atomic E-state index is -0.546. The van der Waals surface area contributed by atoms with E-state index in [9.17, 15) is 14.9 Å². The molecule has 0 saturated carbocycles. The smallest absolute Gasteiger partial charge is 0.282 e. The molecule has 2 heterocycles. The van der Waals surface area contributed by atoms with Crippen LogP contribution in [0, 0.1) is 21.4 Å². The van der Waals surface area contributed by atoms with E-state index in [1.54, 1.807) is 30.6 Å². The van der Waals surface area contributed by atoms with Crippen LogP contribution in [0.25, 0.3) is 11.1 Å². The number of hydrogen-bond acceptors (Lipinski definition) is 5. The van der Waals surface area contributed by atoms with E-state index in [2.05, 4.69) is 11.1 Å². The molecule has 0 fully saturated rings. The van der Waals surface area contributed by atoms with Crippen molar-refractivity contribution in [2.45, 2.75) is 6.42 Å². The highest BCUT2D eigenvalue weighted by atomic mass is 16.6. The number of carbonyl (C=O) groups excluding carboxylic acids is 1. The standard InChI is InChI=1S/C21H14N4O3/c22-11-14-5-7-15(8-6-14)18-12-23-13-20-16(18)9-10-24(20)21(26)17-3-1-2-4-19(17)25(27)28/h1-8,12-13H,9-10H2. The monoisotopic (exact) mass is 370 g/mol. The maximum atomic E-state index is 13.0. The van der Waals surface area contributed by atoms with Gasteiger partial charge < -0.3 is 4.90 Å². The van der Waals surface area contributed by atoms with E-state index >= 15 is 0 Å². The number of anilines is 1. The van der Waals surface area contributed by atoms with Gasteiger partial charge in [-0.3, -0.25) is 19.9 Å². The molecular formula is C21H14N4O3. The van der Waals surface area contributed by atoms with Gasteiger partial charge in [-0.05, 0) is 35.7 Å². The first-order valence-electron chi connectivity index (χ1n) is 8.63. The van der Waals surface area contributed by atoms with Crippen molar-refractivity contribution in [1.82, 2.24) is 4.98 Å². The summed E-state index contributed by atoms with van der Waals surface area (Å²) in [6.45, 7) is 0.426. The number of benzene rings is 2. The molecule has 28 heavy (non-hydrogen) atoms. The first-order chi connectivity index (χ1) is 13.6. The van der Waals surface area contributed by atoms with Crippen LogP contribution < -0.4 is 4.90 Å². The summed E-state index contributed by atoms with van der Waals surface area (Å²) in [5, 5.41) is 20.2. The van der Waals surface area contributed by atoms with Crippen LogP contribution in [-0.4, -0.2) is 22.4 Å². The molecule has 1 aliphatic heterocycles. The Labute approximate surface area is 160 Å². The first-order valence-corrected chi connectivity index (χ1v) is 8.63. The van der Waals surface area contributed by atoms with Crippen molar-refractivity contribution < 1.29 is 9.72 Å². The first kappa shape index (κ1) is 17.4. The summed E-state index contributed by atoms with van der Waals surface area (Å²) in [6, 6.07) is 15.2. The van der Waals surface area contributed by atoms with Crippen LogP contribution in [0.2, 0.25) is 0 Å². The SMILES string of the molecule is N#Cc1ccc(-c2cncc3c2CCN3C(=O)c2ccccc2[N+](=O)[O-])cc1. The molecule has 7 nitrogen and oxygen atoms in total. The molecule has 0 bridgehead atoms. The molecule has 0 radical (unpaired) electrons. The molecule has 0 aliphatic carbocycles. The Kier molecular flexibility index (Phi) is 4.30. The molecule has 2 aromatic carbocycles. The van der Waals surface area contributed by atoms with Crippen LogP contribution in [0.4, 0.5) is 11.4 Å². The lowest BCUT2D eigenvalue weighted by Gasteiger charge is -2.17. The van der Waals surface area contributed by atoms with Crippen LogP contribution in [0.15, 0.2) is 60.9 Å². The summed E-state index contributed by atoms with van der Waals surface area (Å²) >= 11 is 0. The summed E-state index contributed by atoms with van der Waals surface area (Å²) in [7, 11) is 0. The summed E-state index contributed by atoms with van der Waals surface area (Å²) in [5.41, 5.74) is 3.83. The van der Waals surface area contributed by atoms with Crippen LogP contribution in [-0.2, 0) is 6.42 Å². The Morgan fingerprint density at radius 3 is 2.61 bits per heavy atom. The van der Waals surface area contributed by atoms with Crippen molar-refractivity contribution in [1.29, 1.82) is 5.26 Å². The number of hydrogen-bond donors (Lipinski definition) is 0. The van der Waals surface area contributed by atoms with Crippen molar-refractivity contribution >= 4 is 17.3 Å². The number of para-hydroxylation sites is 1. The average Bonchev–Trinajstić information content (AvgIpc) is 3.17. The fraction of sp³-hybridized carbons (Fsp3) is 0.0952. The van der Waals surface area contributed by atoms with Crippen LogP contribution in [0.1, 0.15) is 21.5 Å². The zero-order valence-corrected chi connectivity index (χ0v) is 14.7. The fourth-order valence-corrected chi connectivity index (χ4v) is 3.46. The average molecular weight is 370 g/mol. The van der Waals surface area contributed by atoms with Gasteiger partial charge in [-0.25, -0.2) is 0 Å². The second kappa shape index (κ2) is 6.93. The van der Waals surface area contributed by atoms with E-state index in [1.165, 1.54) is 23.1 Å². The van der Waals surface area contributed by atoms with E-state index in [0.29, 0.717) is 24.2 Å². The summed E-state index contributed by atoms with van der Waals surface area (Å²) in [4.78, 5) is 29.6. The van der Waals surface area contributed by atoms with Crippen LogP contribution in [0.5, 0.6) is 0 Å². The lowest BCUT2D eigenvalue weighted by Crippen LogP contribution is -2.29. The number of carbonyl (C=O) groups is 1.